The van der Waals surface area contributed by atoms with E-state index >= 15 is 0 Å². The van der Waals surface area contributed by atoms with Gasteiger partial charge in [0.1, 0.15) is 0 Å². The maximum atomic E-state index is 10.7. The van der Waals surface area contributed by atoms with Crippen molar-refractivity contribution in [1.82, 2.24) is 9.80 Å². The van der Waals surface area contributed by atoms with E-state index in [2.05, 4.69) is 0 Å². The average molecular weight is 392 g/mol. The molecule has 0 amide bonds. The first-order chi connectivity index (χ1) is 12.2. The molecular weight excluding hydrogens is 365 g/mol. The van der Waals surface area contributed by atoms with Gasteiger partial charge in [-0.1, -0.05) is 19.1 Å². The van der Waals surface area contributed by atoms with E-state index < -0.39 is 24.0 Å². The Morgan fingerprint density at radius 3 is 1.55 bits per heavy atom. The molecule has 9 nitrogen and oxygen atoms in total. The summed E-state index contributed by atoms with van der Waals surface area (Å²) < 4.78 is 0. The third-order valence-electron chi connectivity index (χ3n) is 3.67. The molecule has 29 heavy (non-hydrogen) atoms. The van der Waals surface area contributed by atoms with Crippen LogP contribution in [0.3, 0.4) is 0 Å². The van der Waals surface area contributed by atoms with Crippen LogP contribution in [0.1, 0.15) is 32.6 Å². The van der Waals surface area contributed by atoms with Crippen LogP contribution in [-0.4, -0.2) is 78.2 Å². The number of nitrogens with zero attached hydrogens (tertiary/aromatic N) is 2. The normalized spacial score (nSPS) is 11.4. The Morgan fingerprint density at radius 1 is 0.793 bits per heavy atom. The van der Waals surface area contributed by atoms with Gasteiger partial charge in [0.2, 0.25) is 0 Å². The second-order valence-corrected chi connectivity index (χ2v) is 5.91. The maximum absolute atomic E-state index is 10.7. The zero-order chi connectivity index (χ0) is 19.9. The number of aliphatic carboxylic acids is 3. The van der Waals surface area contributed by atoms with Crippen molar-refractivity contribution >= 4 is 17.9 Å². The van der Waals surface area contributed by atoms with E-state index in [9.17, 15) is 34.8 Å². The Morgan fingerprint density at radius 2 is 1.17 bits per heavy atom. The topological polar surface area (TPSA) is 147 Å². The minimum atomic E-state index is -1.24. The number of carboxylic acids is 3. The molecule has 0 aliphatic heterocycles. The van der Waals surface area contributed by atoms with Crippen LogP contribution in [0.5, 0.6) is 0 Å². The van der Waals surface area contributed by atoms with Gasteiger partial charge in [0.15, 0.2) is 0 Å². The molecule has 0 aromatic heterocycles. The Kier molecular flexibility index (Phi) is 28.1. The summed E-state index contributed by atoms with van der Waals surface area (Å²) in [6, 6.07) is 0. The monoisotopic (exact) mass is 392 g/mol. The predicted octanol–water partition coefficient (Wildman–Crippen LogP) is -12.7. The first-order valence-electron chi connectivity index (χ1n) is 8.63. The molecule has 0 aromatic rings. The first-order valence-corrected chi connectivity index (χ1v) is 8.63. The summed E-state index contributed by atoms with van der Waals surface area (Å²) in [5.74, 6) is -3.69. The fourth-order valence-corrected chi connectivity index (χ4v) is 2.28. The number of carbonyl (C=O) groups is 3. The van der Waals surface area contributed by atoms with Crippen molar-refractivity contribution in [3.8, 4) is 0 Å². The maximum Gasteiger partial charge on any atom is 1.00 e. The van der Waals surface area contributed by atoms with E-state index in [1.54, 1.807) is 22.0 Å². The minimum absolute atomic E-state index is 0. The quantitative estimate of drug-likeness (QED) is 0.200. The SMILES string of the molecule is CC/C=C/C(O)CN(CCC(=O)[O-])CCN(CCC(=O)[O-])CCC(=O)[O-].[Li+].[Li+].[Li+]. The van der Waals surface area contributed by atoms with Gasteiger partial charge >= 0.3 is 56.6 Å². The van der Waals surface area contributed by atoms with E-state index in [-0.39, 0.29) is 102 Å². The summed E-state index contributed by atoms with van der Waals surface area (Å²) in [6.45, 7) is 3.17. The van der Waals surface area contributed by atoms with Crippen LogP contribution in [0.4, 0.5) is 0 Å². The van der Waals surface area contributed by atoms with Crippen molar-refractivity contribution in [2.45, 2.75) is 38.7 Å². The second-order valence-electron chi connectivity index (χ2n) is 5.91. The molecule has 0 aliphatic carbocycles. The van der Waals surface area contributed by atoms with Gasteiger partial charge in [-0.15, -0.1) is 0 Å². The van der Waals surface area contributed by atoms with Crippen LogP contribution in [0, 0.1) is 0 Å². The van der Waals surface area contributed by atoms with E-state index in [1.807, 2.05) is 6.92 Å². The van der Waals surface area contributed by atoms with Crippen LogP contribution < -0.4 is 71.9 Å². The van der Waals surface area contributed by atoms with E-state index in [1.165, 1.54) is 0 Å². The summed E-state index contributed by atoms with van der Waals surface area (Å²) in [6.07, 6.45) is 2.72. The van der Waals surface area contributed by atoms with E-state index in [4.69, 9.17) is 0 Å². The van der Waals surface area contributed by atoms with Gasteiger partial charge in [-0.05, 0) is 25.7 Å². The number of rotatable bonds is 16. The number of aliphatic hydroxyl groups excluding tert-OH is 1. The van der Waals surface area contributed by atoms with Crippen LogP contribution in [0.2, 0.25) is 0 Å². The molecule has 0 aromatic carbocycles. The molecule has 0 saturated carbocycles. The second kappa shape index (κ2) is 22.5. The van der Waals surface area contributed by atoms with Crippen molar-refractivity contribution in [1.29, 1.82) is 0 Å². The number of carbonyl (C=O) groups excluding carboxylic acids is 3. The summed E-state index contributed by atoms with van der Waals surface area (Å²) >= 11 is 0. The molecule has 0 bridgehead atoms. The van der Waals surface area contributed by atoms with E-state index in [0.717, 1.165) is 6.42 Å². The Labute approximate surface area is 208 Å². The molecule has 1 atom stereocenters. The molecule has 0 radical (unpaired) electrons. The van der Waals surface area contributed by atoms with Crippen molar-refractivity contribution in [2.24, 2.45) is 0 Å². The summed E-state index contributed by atoms with van der Waals surface area (Å²) in [4.78, 5) is 35.3. The molecule has 1 N–H and O–H groups in total. The molecular formula is C17H27Li3N2O7. The van der Waals surface area contributed by atoms with Crippen LogP contribution >= 0.6 is 0 Å². The van der Waals surface area contributed by atoms with Gasteiger partial charge in [-0.2, -0.15) is 0 Å². The Hall–Kier alpha value is -0.178. The molecule has 0 saturated heterocycles. The molecule has 0 heterocycles. The summed E-state index contributed by atoms with van der Waals surface area (Å²) in [5, 5.41) is 41.9. The van der Waals surface area contributed by atoms with Gasteiger partial charge in [-0.3, -0.25) is 4.90 Å². The fraction of sp³-hybridized carbons (Fsp3) is 0.706. The third kappa shape index (κ3) is 24.0. The van der Waals surface area contributed by atoms with Gasteiger partial charge < -0.3 is 39.7 Å². The predicted molar refractivity (Wildman–Crippen MR) is 87.2 cm³/mol. The third-order valence-corrected chi connectivity index (χ3v) is 3.67. The average Bonchev–Trinajstić information content (AvgIpc) is 2.56. The van der Waals surface area contributed by atoms with Crippen molar-refractivity contribution in [3.63, 3.8) is 0 Å². The van der Waals surface area contributed by atoms with Crippen LogP contribution in [0.15, 0.2) is 12.2 Å². The zero-order valence-electron chi connectivity index (χ0n) is 18.1. The molecule has 0 aliphatic rings. The van der Waals surface area contributed by atoms with Crippen molar-refractivity contribution in [3.05, 3.63) is 12.2 Å². The van der Waals surface area contributed by atoms with Crippen molar-refractivity contribution < 1.29 is 91.4 Å². The fourth-order valence-electron chi connectivity index (χ4n) is 2.28. The molecule has 0 spiro atoms. The van der Waals surface area contributed by atoms with Crippen molar-refractivity contribution in [2.75, 3.05) is 39.3 Å². The number of hydrogen-bond acceptors (Lipinski definition) is 9. The Balaban J connectivity index is -0.00000104. The summed E-state index contributed by atoms with van der Waals surface area (Å²) in [5.41, 5.74) is 0. The van der Waals surface area contributed by atoms with Gasteiger partial charge in [0.25, 0.3) is 0 Å². The molecule has 1 unspecified atom stereocenters. The van der Waals surface area contributed by atoms with Gasteiger partial charge in [0, 0.05) is 57.2 Å². The Bertz CT molecular complexity index is 464. The van der Waals surface area contributed by atoms with Crippen LogP contribution in [-0.2, 0) is 14.4 Å². The molecule has 150 valence electrons. The number of allylic oxidation sites excluding steroid dienone is 1. The van der Waals surface area contributed by atoms with Gasteiger partial charge in [-0.25, -0.2) is 0 Å². The number of hydrogen-bond donors (Lipinski definition) is 1. The number of aliphatic hydroxyl groups is 1. The van der Waals surface area contributed by atoms with E-state index in [0.29, 0.717) is 13.1 Å². The molecule has 0 fully saturated rings. The molecule has 0 rings (SSSR count). The number of carboxylic acid groups (broad SMARTS) is 3. The van der Waals surface area contributed by atoms with Gasteiger partial charge in [0.05, 0.1) is 6.10 Å². The smallest absolute Gasteiger partial charge is 0.550 e. The standard InChI is InChI=1S/C17H30N2O7.3Li/c1-2-3-4-14(20)13-19(10-7-17(25)26)12-11-18(8-5-15(21)22)9-6-16(23)24;;;/h3-4,14,20H,2,5-13H2,1H3,(H,21,22)(H,23,24)(H,25,26);;;/q;3*+1/p-3/b4-3+;;;. The summed E-state index contributed by atoms with van der Waals surface area (Å²) in [7, 11) is 0. The van der Waals surface area contributed by atoms with Crippen LogP contribution in [0.25, 0.3) is 0 Å². The minimum Gasteiger partial charge on any atom is -0.550 e. The zero-order valence-corrected chi connectivity index (χ0v) is 18.1. The first kappa shape index (κ1) is 36.2. The molecule has 12 heteroatoms. The largest absolute Gasteiger partial charge is 1.00 e.